The number of aromatic nitrogens is 3. The number of allylic oxidation sites excluding steroid dienone is 2. The molecule has 4 aromatic rings. The van der Waals surface area contributed by atoms with Gasteiger partial charge in [0.2, 0.25) is 0 Å². The van der Waals surface area contributed by atoms with E-state index < -0.39 is 0 Å². The molecule has 0 unspecified atom stereocenters. The Labute approximate surface area is 174 Å². The number of benzene rings is 2. The van der Waals surface area contributed by atoms with E-state index in [0.717, 1.165) is 53.0 Å². The number of nitrogens with one attached hydrogen (secondary N) is 1. The molecule has 0 aliphatic heterocycles. The molecule has 1 aliphatic carbocycles. The van der Waals surface area contributed by atoms with Gasteiger partial charge in [0.15, 0.2) is 0 Å². The predicted octanol–water partition coefficient (Wildman–Crippen LogP) is 5.32. The molecule has 5 nitrogen and oxygen atoms in total. The van der Waals surface area contributed by atoms with Crippen LogP contribution < -0.4 is 10.3 Å². The van der Waals surface area contributed by atoms with Gasteiger partial charge in [0.25, 0.3) is 5.56 Å². The van der Waals surface area contributed by atoms with Crippen molar-refractivity contribution in [1.82, 2.24) is 14.6 Å². The molecular formula is C25H23N3O2. The summed E-state index contributed by atoms with van der Waals surface area (Å²) in [4.78, 5) is 16.1. The van der Waals surface area contributed by atoms with Gasteiger partial charge >= 0.3 is 0 Å². The summed E-state index contributed by atoms with van der Waals surface area (Å²) in [5.41, 5.74) is 6.31. The van der Waals surface area contributed by atoms with Crippen molar-refractivity contribution in [3.05, 3.63) is 82.8 Å². The lowest BCUT2D eigenvalue weighted by Crippen LogP contribution is -2.12. The molecule has 2 aromatic heterocycles. The average Bonchev–Trinajstić information content (AvgIpc) is 3.18. The smallest absolute Gasteiger partial charge is 0.259 e. The van der Waals surface area contributed by atoms with Gasteiger partial charge in [-0.15, -0.1) is 0 Å². The van der Waals surface area contributed by atoms with Crippen LogP contribution in [-0.4, -0.2) is 21.7 Å². The van der Waals surface area contributed by atoms with Gasteiger partial charge in [-0.05, 0) is 49.0 Å². The predicted molar refractivity (Wildman–Crippen MR) is 120 cm³/mol. The number of hydrogen-bond acceptors (Lipinski definition) is 3. The molecule has 0 spiro atoms. The summed E-state index contributed by atoms with van der Waals surface area (Å²) in [7, 11) is 1.63. The summed E-state index contributed by atoms with van der Waals surface area (Å²) < 4.78 is 7.04. The van der Waals surface area contributed by atoms with Crippen molar-refractivity contribution in [3.63, 3.8) is 0 Å². The lowest BCUT2D eigenvalue weighted by atomic mass is 9.92. The minimum absolute atomic E-state index is 0.121. The van der Waals surface area contributed by atoms with Crippen molar-refractivity contribution >= 4 is 11.2 Å². The molecule has 0 fully saturated rings. The molecule has 5 rings (SSSR count). The van der Waals surface area contributed by atoms with Gasteiger partial charge in [-0.1, -0.05) is 48.5 Å². The van der Waals surface area contributed by atoms with Gasteiger partial charge in [-0.3, -0.25) is 4.79 Å². The summed E-state index contributed by atoms with van der Waals surface area (Å²) >= 11 is 0. The highest BCUT2D eigenvalue weighted by Gasteiger charge is 2.21. The Morgan fingerprint density at radius 3 is 2.50 bits per heavy atom. The first kappa shape index (κ1) is 18.4. The number of ether oxygens (including phenoxy) is 1. The van der Waals surface area contributed by atoms with E-state index in [9.17, 15) is 4.79 Å². The Morgan fingerprint density at radius 1 is 1.00 bits per heavy atom. The first-order valence-electron chi connectivity index (χ1n) is 10.3. The number of H-pyrrole nitrogens is 1. The highest BCUT2D eigenvalue weighted by Crippen LogP contribution is 2.36. The van der Waals surface area contributed by atoms with Gasteiger partial charge in [0.1, 0.15) is 17.1 Å². The minimum Gasteiger partial charge on any atom is -0.497 e. The quantitative estimate of drug-likeness (QED) is 0.507. The van der Waals surface area contributed by atoms with E-state index in [-0.39, 0.29) is 5.56 Å². The Bertz CT molecular complexity index is 1280. The van der Waals surface area contributed by atoms with E-state index >= 15 is 0 Å². The van der Waals surface area contributed by atoms with E-state index in [1.807, 2.05) is 53.2 Å². The van der Waals surface area contributed by atoms with Crippen LogP contribution in [0, 0.1) is 0 Å². The topological polar surface area (TPSA) is 59.4 Å². The first-order chi connectivity index (χ1) is 14.7. The van der Waals surface area contributed by atoms with Crippen LogP contribution in [-0.2, 0) is 0 Å². The second-order valence-corrected chi connectivity index (χ2v) is 7.58. The largest absolute Gasteiger partial charge is 0.497 e. The summed E-state index contributed by atoms with van der Waals surface area (Å²) in [5.74, 6) is 0.758. The fourth-order valence-electron chi connectivity index (χ4n) is 4.15. The van der Waals surface area contributed by atoms with Crippen LogP contribution in [0.2, 0.25) is 0 Å². The fraction of sp³-hybridized carbons (Fsp3) is 0.200. The van der Waals surface area contributed by atoms with Gasteiger partial charge in [-0.2, -0.15) is 5.10 Å². The van der Waals surface area contributed by atoms with Crippen molar-refractivity contribution in [2.75, 3.05) is 7.11 Å². The number of methoxy groups -OCH3 is 1. The Morgan fingerprint density at radius 2 is 1.80 bits per heavy atom. The van der Waals surface area contributed by atoms with E-state index in [1.54, 1.807) is 7.11 Å². The number of fused-ring (bicyclic) bond motifs is 1. The Balaban J connectivity index is 1.73. The minimum atomic E-state index is -0.121. The summed E-state index contributed by atoms with van der Waals surface area (Å²) in [5, 5.41) is 4.90. The van der Waals surface area contributed by atoms with Crippen molar-refractivity contribution in [2.45, 2.75) is 25.7 Å². The lowest BCUT2D eigenvalue weighted by Gasteiger charge is -2.13. The van der Waals surface area contributed by atoms with Crippen molar-refractivity contribution in [3.8, 4) is 28.1 Å². The first-order valence-corrected chi connectivity index (χ1v) is 10.3. The number of aromatic amines is 1. The summed E-state index contributed by atoms with van der Waals surface area (Å²) in [6.45, 7) is 0. The average molecular weight is 397 g/mol. The summed E-state index contributed by atoms with van der Waals surface area (Å²) in [6, 6.07) is 17.7. The van der Waals surface area contributed by atoms with E-state index in [2.05, 4.69) is 23.2 Å². The second-order valence-electron chi connectivity index (χ2n) is 7.58. The van der Waals surface area contributed by atoms with Crippen LogP contribution in [0.5, 0.6) is 5.75 Å². The van der Waals surface area contributed by atoms with Gasteiger partial charge in [0.05, 0.1) is 12.7 Å². The standard InChI is InChI=1S/C25H23N3O2/c1-30-20-14-12-17(13-15-20)21-16-28-24(26-25(21)29)22(18-8-4-2-5-9-18)23(27-28)19-10-6-3-7-11-19/h3,6-8,10-16H,2,4-5,9H2,1H3,(H,26,29). The molecule has 2 aromatic carbocycles. The molecule has 2 heterocycles. The van der Waals surface area contributed by atoms with Crippen molar-refractivity contribution in [2.24, 2.45) is 0 Å². The highest BCUT2D eigenvalue weighted by atomic mass is 16.5. The van der Waals surface area contributed by atoms with Crippen molar-refractivity contribution in [1.29, 1.82) is 0 Å². The lowest BCUT2D eigenvalue weighted by molar-refractivity contribution is 0.415. The Kier molecular flexibility index (Phi) is 4.71. The van der Waals surface area contributed by atoms with Crippen LogP contribution in [0.4, 0.5) is 0 Å². The second kappa shape index (κ2) is 7.67. The maximum Gasteiger partial charge on any atom is 0.259 e. The third kappa shape index (κ3) is 3.22. The van der Waals surface area contributed by atoms with Crippen molar-refractivity contribution < 1.29 is 4.74 Å². The molecule has 0 saturated carbocycles. The zero-order valence-corrected chi connectivity index (χ0v) is 16.9. The van der Waals surface area contributed by atoms with Crippen LogP contribution >= 0.6 is 0 Å². The monoisotopic (exact) mass is 397 g/mol. The molecule has 0 radical (unpaired) electrons. The SMILES string of the molecule is COc1ccc(-c2cn3nc(-c4ccccc4)c(C4=CCCCC4)c3[nH]c2=O)cc1. The number of rotatable bonds is 4. The maximum absolute atomic E-state index is 13.0. The molecule has 150 valence electrons. The van der Waals surface area contributed by atoms with Gasteiger partial charge in [-0.25, -0.2) is 4.52 Å². The third-order valence-electron chi connectivity index (χ3n) is 5.70. The molecule has 0 bridgehead atoms. The van der Waals surface area contributed by atoms with E-state index in [1.165, 1.54) is 12.0 Å². The fourth-order valence-corrected chi connectivity index (χ4v) is 4.15. The zero-order chi connectivity index (χ0) is 20.5. The van der Waals surface area contributed by atoms with Crippen LogP contribution in [0.3, 0.4) is 0 Å². The number of hydrogen-bond donors (Lipinski definition) is 1. The summed E-state index contributed by atoms with van der Waals surface area (Å²) in [6.07, 6.45) is 8.56. The highest BCUT2D eigenvalue weighted by molar-refractivity contribution is 5.87. The van der Waals surface area contributed by atoms with Gasteiger partial charge < -0.3 is 9.72 Å². The number of nitrogens with zero attached hydrogens (tertiary/aromatic N) is 2. The molecule has 0 amide bonds. The van der Waals surface area contributed by atoms with E-state index in [0.29, 0.717) is 5.56 Å². The normalized spacial score (nSPS) is 14.0. The van der Waals surface area contributed by atoms with E-state index in [4.69, 9.17) is 9.84 Å². The molecule has 0 atom stereocenters. The van der Waals surface area contributed by atoms with Crippen LogP contribution in [0.15, 0.2) is 71.7 Å². The molecule has 5 heteroatoms. The maximum atomic E-state index is 13.0. The molecular weight excluding hydrogens is 374 g/mol. The molecule has 1 aliphatic rings. The zero-order valence-electron chi connectivity index (χ0n) is 16.9. The van der Waals surface area contributed by atoms with Crippen LogP contribution in [0.25, 0.3) is 33.6 Å². The van der Waals surface area contributed by atoms with Gasteiger partial charge in [0, 0.05) is 17.3 Å². The Hall–Kier alpha value is -3.60. The third-order valence-corrected chi connectivity index (χ3v) is 5.70. The molecule has 1 N–H and O–H groups in total. The molecule has 30 heavy (non-hydrogen) atoms. The molecule has 0 saturated heterocycles. The van der Waals surface area contributed by atoms with Crippen LogP contribution in [0.1, 0.15) is 31.2 Å².